The fourth-order valence-electron chi connectivity index (χ4n) is 2.48. The van der Waals surface area contributed by atoms with Crippen molar-refractivity contribution in [3.8, 4) is 0 Å². The monoisotopic (exact) mass is 284 g/mol. The van der Waals surface area contributed by atoms with Gasteiger partial charge in [0.1, 0.15) is 12.2 Å². The molecule has 21 heavy (non-hydrogen) atoms. The maximum atomic E-state index is 4.61. The van der Waals surface area contributed by atoms with Gasteiger partial charge in [0.2, 0.25) is 0 Å². The van der Waals surface area contributed by atoms with Crippen LogP contribution in [0.3, 0.4) is 0 Å². The summed E-state index contributed by atoms with van der Waals surface area (Å²) in [7, 11) is 1.97. The molecule has 0 aliphatic heterocycles. The second kappa shape index (κ2) is 6.05. The quantitative estimate of drug-likeness (QED) is 0.700. The molecule has 0 amide bonds. The lowest BCUT2D eigenvalue weighted by Gasteiger charge is -2.05. The summed E-state index contributed by atoms with van der Waals surface area (Å²) in [5.41, 5.74) is 2.16. The van der Waals surface area contributed by atoms with E-state index >= 15 is 0 Å². The number of hydrogen-bond acceptors (Lipinski definition) is 4. The fraction of sp³-hybridized carbons (Fsp3) is 0.400. The van der Waals surface area contributed by atoms with Crippen LogP contribution in [0.15, 0.2) is 30.6 Å². The predicted octanol–water partition coefficient (Wildman–Crippen LogP) is 1.71. The molecule has 0 bridgehead atoms. The van der Waals surface area contributed by atoms with Crippen molar-refractivity contribution >= 4 is 10.9 Å². The zero-order valence-corrected chi connectivity index (χ0v) is 12.5. The highest BCUT2D eigenvalue weighted by atomic mass is 15.4. The minimum atomic E-state index is 0.643. The first-order chi connectivity index (χ1) is 10.3. The summed E-state index contributed by atoms with van der Waals surface area (Å²) in [5, 5.41) is 13.5. The Morgan fingerprint density at radius 3 is 2.95 bits per heavy atom. The van der Waals surface area contributed by atoms with Crippen molar-refractivity contribution < 1.29 is 0 Å². The first-order valence-corrected chi connectivity index (χ1v) is 7.27. The molecule has 1 N–H and O–H groups in total. The van der Waals surface area contributed by atoms with Crippen LogP contribution in [-0.4, -0.2) is 31.1 Å². The second-order valence-corrected chi connectivity index (χ2v) is 5.10. The molecule has 0 fully saturated rings. The molecule has 0 aliphatic carbocycles. The van der Waals surface area contributed by atoms with Crippen LogP contribution in [0.2, 0.25) is 0 Å². The van der Waals surface area contributed by atoms with Gasteiger partial charge in [-0.15, -0.1) is 0 Å². The number of aryl methyl sites for hydroxylation is 1. The third kappa shape index (κ3) is 2.80. The number of nitrogens with one attached hydrogen (secondary N) is 1. The highest BCUT2D eigenvalue weighted by molar-refractivity contribution is 5.81. The van der Waals surface area contributed by atoms with Crippen LogP contribution in [0.5, 0.6) is 0 Å². The fourth-order valence-corrected chi connectivity index (χ4v) is 2.48. The number of para-hydroxylation sites is 1. The molecule has 3 rings (SSSR count). The molecule has 0 saturated carbocycles. The van der Waals surface area contributed by atoms with Gasteiger partial charge in [0.15, 0.2) is 0 Å². The summed E-state index contributed by atoms with van der Waals surface area (Å²) in [5.74, 6) is 0.943. The van der Waals surface area contributed by atoms with Gasteiger partial charge < -0.3 is 5.32 Å². The molecule has 1 aromatic carbocycles. The molecular formula is C15H20N6. The number of aromatic nitrogens is 5. The summed E-state index contributed by atoms with van der Waals surface area (Å²) in [6, 6.07) is 8.25. The third-order valence-corrected chi connectivity index (χ3v) is 3.54. The number of benzene rings is 1. The lowest BCUT2D eigenvalue weighted by molar-refractivity contribution is 0.574. The van der Waals surface area contributed by atoms with Gasteiger partial charge in [-0.2, -0.15) is 10.2 Å². The Bertz CT molecular complexity index is 727. The molecule has 2 aromatic heterocycles. The molecule has 2 heterocycles. The summed E-state index contributed by atoms with van der Waals surface area (Å²) >= 11 is 0. The van der Waals surface area contributed by atoms with E-state index in [1.807, 2.05) is 28.5 Å². The van der Waals surface area contributed by atoms with Gasteiger partial charge in [-0.25, -0.2) is 9.67 Å². The van der Waals surface area contributed by atoms with Crippen LogP contribution in [0.1, 0.15) is 24.9 Å². The van der Waals surface area contributed by atoms with Crippen molar-refractivity contribution in [2.45, 2.75) is 26.4 Å². The van der Waals surface area contributed by atoms with Gasteiger partial charge in [-0.05, 0) is 19.0 Å². The zero-order valence-electron chi connectivity index (χ0n) is 12.5. The number of hydrogen-bond donors (Lipinski definition) is 1. The highest BCUT2D eigenvalue weighted by Gasteiger charge is 2.11. The Hall–Kier alpha value is -2.21. The molecule has 0 aliphatic rings. The molecule has 0 radical (unpaired) electrons. The molecular weight excluding hydrogens is 264 g/mol. The number of rotatable bonds is 6. The van der Waals surface area contributed by atoms with Crippen LogP contribution >= 0.6 is 0 Å². The zero-order chi connectivity index (χ0) is 14.7. The standard InChI is InChI=1S/C15H20N6/c1-3-8-16-9-15-17-11-18-21(15)10-13-12-6-4-5-7-14(12)20(2)19-13/h4-7,11,16H,3,8-10H2,1-2H3. The van der Waals surface area contributed by atoms with Crippen molar-refractivity contribution in [2.24, 2.45) is 7.05 Å². The largest absolute Gasteiger partial charge is 0.310 e. The maximum absolute atomic E-state index is 4.61. The van der Waals surface area contributed by atoms with Gasteiger partial charge in [0.25, 0.3) is 0 Å². The van der Waals surface area contributed by atoms with Crippen molar-refractivity contribution in [2.75, 3.05) is 6.54 Å². The van der Waals surface area contributed by atoms with E-state index < -0.39 is 0 Å². The predicted molar refractivity (Wildman–Crippen MR) is 81.8 cm³/mol. The summed E-state index contributed by atoms with van der Waals surface area (Å²) in [6.45, 7) is 4.51. The van der Waals surface area contributed by atoms with Gasteiger partial charge in [-0.1, -0.05) is 25.1 Å². The van der Waals surface area contributed by atoms with Crippen LogP contribution < -0.4 is 5.32 Å². The Labute approximate surface area is 123 Å². The first kappa shape index (κ1) is 13.8. The van der Waals surface area contributed by atoms with Crippen LogP contribution in [0.4, 0.5) is 0 Å². The highest BCUT2D eigenvalue weighted by Crippen LogP contribution is 2.18. The Morgan fingerprint density at radius 2 is 2.10 bits per heavy atom. The minimum absolute atomic E-state index is 0.643. The van der Waals surface area contributed by atoms with E-state index in [9.17, 15) is 0 Å². The molecule has 6 heteroatoms. The van der Waals surface area contributed by atoms with Gasteiger partial charge >= 0.3 is 0 Å². The molecule has 3 aromatic rings. The number of fused-ring (bicyclic) bond motifs is 1. The topological polar surface area (TPSA) is 60.6 Å². The smallest absolute Gasteiger partial charge is 0.141 e. The van der Waals surface area contributed by atoms with E-state index in [1.165, 1.54) is 5.39 Å². The van der Waals surface area contributed by atoms with E-state index in [0.717, 1.165) is 36.5 Å². The summed E-state index contributed by atoms with van der Waals surface area (Å²) < 4.78 is 3.83. The second-order valence-electron chi connectivity index (χ2n) is 5.10. The van der Waals surface area contributed by atoms with Crippen LogP contribution in [0, 0.1) is 0 Å². The molecule has 0 unspecified atom stereocenters. The van der Waals surface area contributed by atoms with E-state index in [1.54, 1.807) is 6.33 Å². The minimum Gasteiger partial charge on any atom is -0.310 e. The van der Waals surface area contributed by atoms with Crippen molar-refractivity contribution in [1.82, 2.24) is 29.9 Å². The maximum Gasteiger partial charge on any atom is 0.141 e. The third-order valence-electron chi connectivity index (χ3n) is 3.54. The Kier molecular flexibility index (Phi) is 3.96. The Morgan fingerprint density at radius 1 is 1.24 bits per heavy atom. The van der Waals surface area contributed by atoms with E-state index in [-0.39, 0.29) is 0 Å². The normalized spacial score (nSPS) is 11.3. The van der Waals surface area contributed by atoms with E-state index in [4.69, 9.17) is 0 Å². The van der Waals surface area contributed by atoms with E-state index in [0.29, 0.717) is 6.54 Å². The molecule has 0 saturated heterocycles. The van der Waals surface area contributed by atoms with Gasteiger partial charge in [0, 0.05) is 12.4 Å². The van der Waals surface area contributed by atoms with Crippen molar-refractivity contribution in [3.05, 3.63) is 42.1 Å². The van der Waals surface area contributed by atoms with Crippen LogP contribution in [0.25, 0.3) is 10.9 Å². The molecule has 0 atom stereocenters. The van der Waals surface area contributed by atoms with E-state index in [2.05, 4.69) is 39.6 Å². The first-order valence-electron chi connectivity index (χ1n) is 7.27. The SMILES string of the molecule is CCCNCc1ncnn1Cc1nn(C)c2ccccc12. The average molecular weight is 284 g/mol. The van der Waals surface area contributed by atoms with Gasteiger partial charge in [-0.3, -0.25) is 4.68 Å². The summed E-state index contributed by atoms with van der Waals surface area (Å²) in [6.07, 6.45) is 2.72. The number of nitrogens with zero attached hydrogens (tertiary/aromatic N) is 5. The molecule has 6 nitrogen and oxygen atoms in total. The molecule has 110 valence electrons. The van der Waals surface area contributed by atoms with Gasteiger partial charge in [0.05, 0.1) is 24.3 Å². The summed E-state index contributed by atoms with van der Waals surface area (Å²) in [4.78, 5) is 4.33. The average Bonchev–Trinajstić information content (AvgIpc) is 3.06. The van der Waals surface area contributed by atoms with Crippen molar-refractivity contribution in [3.63, 3.8) is 0 Å². The molecule has 0 spiro atoms. The Balaban J connectivity index is 1.84. The van der Waals surface area contributed by atoms with Crippen molar-refractivity contribution in [1.29, 1.82) is 0 Å². The lowest BCUT2D eigenvalue weighted by atomic mass is 10.2. The lowest BCUT2D eigenvalue weighted by Crippen LogP contribution is -2.18. The van der Waals surface area contributed by atoms with Crippen LogP contribution in [-0.2, 0) is 20.1 Å².